The number of fused-ring (bicyclic) bond motifs is 2. The van der Waals surface area contributed by atoms with E-state index in [0.29, 0.717) is 18.6 Å². The Labute approximate surface area is 217 Å². The largest absolute Gasteiger partial charge is 0.504 e. The van der Waals surface area contributed by atoms with Crippen LogP contribution in [0, 0.1) is 5.92 Å². The Morgan fingerprint density at radius 3 is 2.43 bits per heavy atom. The van der Waals surface area contributed by atoms with Crippen LogP contribution in [0.3, 0.4) is 0 Å². The standard InChI is InChI=1S/C29H38N2O6/c1-25(2)22-31-23(26(3,4)35-22)37-28(24(31)36-25)9-10-29(33)18-13-16-7-8-17(32)20-19(16)27(29,21(28)34-20)11-12-30(18)14-15-5-6-15/h7-8,15,18,21-24,32-33H,5-6,9-14H2,1-4H3/t18-,21-,22+,23+,24+,27+,28+,29-/m1/s1. The van der Waals surface area contributed by atoms with Gasteiger partial charge in [-0.2, -0.15) is 0 Å². The molecule has 1 aromatic rings. The van der Waals surface area contributed by atoms with Crippen molar-refractivity contribution in [1.82, 2.24) is 9.80 Å². The lowest BCUT2D eigenvalue weighted by atomic mass is 9.46. The second kappa shape index (κ2) is 6.31. The van der Waals surface area contributed by atoms with E-state index in [9.17, 15) is 10.2 Å². The Kier molecular flexibility index (Phi) is 3.82. The summed E-state index contributed by atoms with van der Waals surface area (Å²) in [5.74, 6) is 1.47. The number of hydrogen-bond donors (Lipinski definition) is 2. The lowest BCUT2D eigenvalue weighted by molar-refractivity contribution is -0.267. The number of nitrogens with zero attached hydrogens (tertiary/aromatic N) is 2. The minimum atomic E-state index is -0.946. The molecule has 0 radical (unpaired) electrons. The number of benzene rings is 1. The molecule has 2 bridgehead atoms. The summed E-state index contributed by atoms with van der Waals surface area (Å²) >= 11 is 0. The number of piperidine rings is 1. The van der Waals surface area contributed by atoms with Gasteiger partial charge in [0.25, 0.3) is 0 Å². The molecule has 5 aliphatic heterocycles. The van der Waals surface area contributed by atoms with Gasteiger partial charge >= 0.3 is 0 Å². The van der Waals surface area contributed by atoms with Crippen molar-refractivity contribution in [1.29, 1.82) is 0 Å². The Morgan fingerprint density at radius 2 is 1.68 bits per heavy atom. The topological polar surface area (TPSA) is 83.9 Å². The third-order valence-corrected chi connectivity index (χ3v) is 11.4. The van der Waals surface area contributed by atoms with E-state index >= 15 is 0 Å². The van der Waals surface area contributed by atoms with Gasteiger partial charge in [0.1, 0.15) is 41.6 Å². The highest BCUT2D eigenvalue weighted by Crippen LogP contribution is 2.70. The molecule has 5 heterocycles. The molecule has 4 saturated heterocycles. The van der Waals surface area contributed by atoms with Crippen molar-refractivity contribution in [3.63, 3.8) is 0 Å². The second-order valence-electron chi connectivity index (χ2n) is 14.3. The van der Waals surface area contributed by atoms with Crippen molar-refractivity contribution < 1.29 is 29.2 Å². The summed E-state index contributed by atoms with van der Waals surface area (Å²) in [6.45, 7) is 10.4. The first-order valence-corrected chi connectivity index (χ1v) is 14.3. The molecule has 37 heavy (non-hydrogen) atoms. The lowest BCUT2D eigenvalue weighted by Crippen LogP contribution is -2.80. The molecule has 8 atom stereocenters. The zero-order valence-corrected chi connectivity index (χ0v) is 22.2. The molecule has 0 aromatic heterocycles. The summed E-state index contributed by atoms with van der Waals surface area (Å²) in [4.78, 5) is 4.86. The van der Waals surface area contributed by atoms with Crippen molar-refractivity contribution in [3.8, 4) is 11.5 Å². The van der Waals surface area contributed by atoms with E-state index in [0.717, 1.165) is 37.4 Å². The fourth-order valence-corrected chi connectivity index (χ4v) is 9.75. The van der Waals surface area contributed by atoms with Crippen LogP contribution in [-0.4, -0.2) is 86.3 Å². The van der Waals surface area contributed by atoms with Crippen LogP contribution in [0.4, 0.5) is 0 Å². The number of ether oxygens (including phenoxy) is 4. The maximum Gasteiger partial charge on any atom is 0.165 e. The summed E-state index contributed by atoms with van der Waals surface area (Å²) in [6, 6.07) is 3.88. The van der Waals surface area contributed by atoms with Crippen LogP contribution in [0.1, 0.15) is 70.9 Å². The first-order valence-electron chi connectivity index (χ1n) is 14.3. The molecular weight excluding hydrogens is 472 g/mol. The van der Waals surface area contributed by atoms with Gasteiger partial charge in [0.05, 0.1) is 11.0 Å². The molecule has 3 aliphatic carbocycles. The van der Waals surface area contributed by atoms with Crippen LogP contribution < -0.4 is 4.74 Å². The third kappa shape index (κ3) is 2.33. The van der Waals surface area contributed by atoms with Crippen molar-refractivity contribution in [3.05, 3.63) is 23.3 Å². The highest BCUT2D eigenvalue weighted by atomic mass is 16.7. The maximum absolute atomic E-state index is 12.9. The SMILES string of the molecule is CC1(C)O[C@@H]2N3[C@H]1O[C@]1(CC[C@@]4(O)[C@H]5Cc6ccc(O)c7c6[C@@]4(CCN5CC4CC4)[C@H]1O7)[C@@H]3OC2(C)C. The number of phenolic OH excluding ortho intramolecular Hbond substituents is 1. The van der Waals surface area contributed by atoms with Crippen LogP contribution in [0.25, 0.3) is 0 Å². The maximum atomic E-state index is 12.9. The minimum absolute atomic E-state index is 0.0444. The average molecular weight is 511 g/mol. The van der Waals surface area contributed by atoms with Crippen LogP contribution in [0.15, 0.2) is 12.1 Å². The molecule has 6 fully saturated rings. The normalized spacial score (nSPS) is 49.8. The predicted octanol–water partition coefficient (Wildman–Crippen LogP) is 2.62. The summed E-state index contributed by atoms with van der Waals surface area (Å²) < 4.78 is 27.3. The van der Waals surface area contributed by atoms with E-state index < -0.39 is 33.9 Å². The molecule has 8 nitrogen and oxygen atoms in total. The molecule has 1 aromatic carbocycles. The van der Waals surface area contributed by atoms with Gasteiger partial charge in [0.15, 0.2) is 11.5 Å². The molecule has 8 aliphatic rings. The smallest absolute Gasteiger partial charge is 0.165 e. The Morgan fingerprint density at radius 1 is 0.946 bits per heavy atom. The van der Waals surface area contributed by atoms with Gasteiger partial charge in [-0.3, -0.25) is 4.90 Å². The molecule has 200 valence electrons. The van der Waals surface area contributed by atoms with E-state index in [1.165, 1.54) is 18.4 Å². The van der Waals surface area contributed by atoms with Crippen LogP contribution in [0.2, 0.25) is 0 Å². The van der Waals surface area contributed by atoms with E-state index in [1.807, 2.05) is 0 Å². The molecule has 8 heteroatoms. The van der Waals surface area contributed by atoms with E-state index in [2.05, 4.69) is 43.6 Å². The number of aliphatic hydroxyl groups is 1. The number of rotatable bonds is 2. The van der Waals surface area contributed by atoms with Gasteiger partial charge in [-0.05, 0) is 90.3 Å². The van der Waals surface area contributed by atoms with Crippen LogP contribution >= 0.6 is 0 Å². The highest BCUT2D eigenvalue weighted by Gasteiger charge is 2.83. The van der Waals surface area contributed by atoms with Crippen LogP contribution in [-0.2, 0) is 26.0 Å². The quantitative estimate of drug-likeness (QED) is 0.629. The van der Waals surface area contributed by atoms with Gasteiger partial charge in [-0.15, -0.1) is 0 Å². The first-order chi connectivity index (χ1) is 17.5. The molecule has 0 amide bonds. The number of likely N-dealkylation sites (tertiary alicyclic amines) is 1. The fraction of sp³-hybridized carbons (Fsp3) is 0.793. The summed E-state index contributed by atoms with van der Waals surface area (Å²) in [5, 5.41) is 23.9. The molecule has 2 spiro atoms. The number of phenols is 1. The first kappa shape index (κ1) is 22.4. The molecule has 0 unspecified atom stereocenters. The minimum Gasteiger partial charge on any atom is -0.504 e. The zero-order chi connectivity index (χ0) is 25.3. The molecule has 2 N–H and O–H groups in total. The monoisotopic (exact) mass is 510 g/mol. The van der Waals surface area contributed by atoms with Gasteiger partial charge in [0, 0.05) is 18.2 Å². The Balaban J connectivity index is 1.23. The number of hydrogen-bond acceptors (Lipinski definition) is 8. The van der Waals surface area contributed by atoms with Gasteiger partial charge in [-0.1, -0.05) is 6.07 Å². The zero-order valence-electron chi connectivity index (χ0n) is 22.2. The van der Waals surface area contributed by atoms with Gasteiger partial charge in [-0.25, -0.2) is 4.90 Å². The highest BCUT2D eigenvalue weighted by molar-refractivity contribution is 5.63. The van der Waals surface area contributed by atoms with E-state index in [-0.39, 0.29) is 30.5 Å². The van der Waals surface area contributed by atoms with Crippen molar-refractivity contribution in [2.75, 3.05) is 13.1 Å². The Bertz CT molecular complexity index is 1230. The second-order valence-corrected chi connectivity index (χ2v) is 14.3. The van der Waals surface area contributed by atoms with E-state index in [1.54, 1.807) is 6.07 Å². The number of aromatic hydroxyl groups is 1. The molecule has 2 saturated carbocycles. The average Bonchev–Trinajstić information content (AvgIpc) is 3.29. The third-order valence-electron chi connectivity index (χ3n) is 11.4. The van der Waals surface area contributed by atoms with Crippen molar-refractivity contribution in [2.45, 2.75) is 125 Å². The summed E-state index contributed by atoms with van der Waals surface area (Å²) in [6.07, 6.45) is 4.19. The van der Waals surface area contributed by atoms with Gasteiger partial charge < -0.3 is 29.2 Å². The summed E-state index contributed by atoms with van der Waals surface area (Å²) in [7, 11) is 0. The van der Waals surface area contributed by atoms with Crippen molar-refractivity contribution in [2.24, 2.45) is 5.92 Å². The van der Waals surface area contributed by atoms with Crippen LogP contribution in [0.5, 0.6) is 11.5 Å². The predicted molar refractivity (Wildman–Crippen MR) is 132 cm³/mol. The fourth-order valence-electron chi connectivity index (χ4n) is 9.75. The summed E-state index contributed by atoms with van der Waals surface area (Å²) in [5.41, 5.74) is -1.13. The molecule has 9 rings (SSSR count). The van der Waals surface area contributed by atoms with Gasteiger partial charge in [0.2, 0.25) is 0 Å². The van der Waals surface area contributed by atoms with Crippen molar-refractivity contribution >= 4 is 0 Å². The molecular formula is C29H38N2O6. The van der Waals surface area contributed by atoms with E-state index in [4.69, 9.17) is 18.9 Å². The Hall–Kier alpha value is -1.42. The lowest BCUT2D eigenvalue weighted by Gasteiger charge is -2.66.